The molecule has 0 aromatic carbocycles. The summed E-state index contributed by atoms with van der Waals surface area (Å²) in [5.74, 6) is 0. The standard InChI is InChI=1S/C21H25N5/c1-20(2,3)13-7-8-26-18(9-13)15(12-23-26)17-10-16(21(4,5)6)14-11-22-25-19(14)24-17/h7-12H,1-6H3,(H,22,24,25). The Balaban J connectivity index is 1.98. The van der Waals surface area contributed by atoms with Gasteiger partial charge in [0.1, 0.15) is 0 Å². The molecule has 5 nitrogen and oxygen atoms in total. The van der Waals surface area contributed by atoms with Crippen LogP contribution in [-0.4, -0.2) is 24.8 Å². The second kappa shape index (κ2) is 5.40. The number of aromatic amines is 1. The van der Waals surface area contributed by atoms with Gasteiger partial charge >= 0.3 is 0 Å². The van der Waals surface area contributed by atoms with E-state index in [0.29, 0.717) is 0 Å². The molecule has 0 spiro atoms. The van der Waals surface area contributed by atoms with Gasteiger partial charge in [-0.3, -0.25) is 5.10 Å². The maximum absolute atomic E-state index is 4.82. The van der Waals surface area contributed by atoms with Crippen LogP contribution in [0.3, 0.4) is 0 Å². The smallest absolute Gasteiger partial charge is 0.156 e. The van der Waals surface area contributed by atoms with Gasteiger partial charge in [0.2, 0.25) is 0 Å². The van der Waals surface area contributed by atoms with E-state index >= 15 is 0 Å². The van der Waals surface area contributed by atoms with Gasteiger partial charge < -0.3 is 0 Å². The Morgan fingerprint density at radius 2 is 1.73 bits per heavy atom. The van der Waals surface area contributed by atoms with E-state index in [0.717, 1.165) is 27.8 Å². The maximum Gasteiger partial charge on any atom is 0.156 e. The molecule has 0 unspecified atom stereocenters. The number of nitrogens with one attached hydrogen (secondary N) is 1. The average molecular weight is 347 g/mol. The minimum absolute atomic E-state index is 0.000644. The van der Waals surface area contributed by atoms with Crippen molar-refractivity contribution in [2.24, 2.45) is 0 Å². The van der Waals surface area contributed by atoms with Crippen molar-refractivity contribution in [1.29, 1.82) is 0 Å². The third-order valence-electron chi connectivity index (χ3n) is 4.89. The highest BCUT2D eigenvalue weighted by atomic mass is 15.2. The number of hydrogen-bond donors (Lipinski definition) is 1. The number of aromatic nitrogens is 5. The molecule has 26 heavy (non-hydrogen) atoms. The topological polar surface area (TPSA) is 58.9 Å². The summed E-state index contributed by atoms with van der Waals surface area (Å²) in [7, 11) is 0. The second-order valence-corrected chi connectivity index (χ2v) is 8.99. The Kier molecular flexibility index (Phi) is 3.48. The molecule has 4 aromatic heterocycles. The lowest BCUT2D eigenvalue weighted by Crippen LogP contribution is -2.12. The van der Waals surface area contributed by atoms with Crippen LogP contribution in [0.15, 0.2) is 36.8 Å². The van der Waals surface area contributed by atoms with Crippen molar-refractivity contribution in [3.8, 4) is 11.3 Å². The Labute approximate surface area is 153 Å². The highest BCUT2D eigenvalue weighted by Crippen LogP contribution is 2.34. The van der Waals surface area contributed by atoms with E-state index in [1.807, 2.05) is 23.1 Å². The van der Waals surface area contributed by atoms with Crippen LogP contribution in [0.1, 0.15) is 52.7 Å². The summed E-state index contributed by atoms with van der Waals surface area (Å²) in [5, 5.41) is 12.8. The average Bonchev–Trinajstić information content (AvgIpc) is 3.17. The lowest BCUT2D eigenvalue weighted by Gasteiger charge is -2.21. The maximum atomic E-state index is 4.82. The van der Waals surface area contributed by atoms with Gasteiger partial charge in [-0.15, -0.1) is 0 Å². The van der Waals surface area contributed by atoms with Crippen LogP contribution in [-0.2, 0) is 10.8 Å². The number of rotatable bonds is 1. The SMILES string of the molecule is CC(C)(C)c1ccn2ncc(-c3cc(C(C)(C)C)c4cn[nH]c4n3)c2c1. The molecule has 4 aromatic rings. The predicted octanol–water partition coefficient (Wildman–Crippen LogP) is 4.87. The molecule has 0 saturated carbocycles. The van der Waals surface area contributed by atoms with E-state index in [-0.39, 0.29) is 10.8 Å². The van der Waals surface area contributed by atoms with E-state index in [1.165, 1.54) is 11.1 Å². The van der Waals surface area contributed by atoms with Crippen molar-refractivity contribution in [3.05, 3.63) is 47.9 Å². The fourth-order valence-corrected chi connectivity index (χ4v) is 3.33. The Hall–Kier alpha value is -2.69. The van der Waals surface area contributed by atoms with Gasteiger partial charge in [-0.1, -0.05) is 41.5 Å². The molecule has 0 aliphatic heterocycles. The van der Waals surface area contributed by atoms with E-state index in [1.54, 1.807) is 0 Å². The van der Waals surface area contributed by atoms with Crippen molar-refractivity contribution < 1.29 is 0 Å². The summed E-state index contributed by atoms with van der Waals surface area (Å²) in [6.07, 6.45) is 5.79. The van der Waals surface area contributed by atoms with Gasteiger partial charge in [-0.05, 0) is 40.2 Å². The zero-order valence-electron chi connectivity index (χ0n) is 16.3. The molecule has 0 amide bonds. The largest absolute Gasteiger partial charge is 0.261 e. The lowest BCUT2D eigenvalue weighted by molar-refractivity contribution is 0.589. The normalized spacial score (nSPS) is 13.0. The highest BCUT2D eigenvalue weighted by molar-refractivity contribution is 5.86. The minimum atomic E-state index is -0.000644. The number of pyridine rings is 2. The first-order chi connectivity index (χ1) is 12.1. The lowest BCUT2D eigenvalue weighted by atomic mass is 9.85. The molecule has 0 fully saturated rings. The van der Waals surface area contributed by atoms with Crippen molar-refractivity contribution in [1.82, 2.24) is 24.8 Å². The van der Waals surface area contributed by atoms with Crippen LogP contribution < -0.4 is 0 Å². The molecule has 0 aliphatic rings. The molecular weight excluding hydrogens is 322 g/mol. The van der Waals surface area contributed by atoms with E-state index in [9.17, 15) is 0 Å². The van der Waals surface area contributed by atoms with Gasteiger partial charge in [0.25, 0.3) is 0 Å². The van der Waals surface area contributed by atoms with Crippen molar-refractivity contribution >= 4 is 16.6 Å². The van der Waals surface area contributed by atoms with Gasteiger partial charge in [0.05, 0.1) is 23.6 Å². The molecule has 0 bridgehead atoms. The first kappa shape index (κ1) is 16.8. The zero-order valence-corrected chi connectivity index (χ0v) is 16.3. The van der Waals surface area contributed by atoms with Crippen molar-refractivity contribution in [2.45, 2.75) is 52.4 Å². The van der Waals surface area contributed by atoms with Crippen LogP contribution in [0.25, 0.3) is 27.8 Å². The molecular formula is C21H25N5. The van der Waals surface area contributed by atoms with Crippen LogP contribution in [0.2, 0.25) is 0 Å². The van der Waals surface area contributed by atoms with Gasteiger partial charge in [0.15, 0.2) is 5.65 Å². The Morgan fingerprint density at radius 1 is 0.962 bits per heavy atom. The third kappa shape index (κ3) is 2.68. The number of fused-ring (bicyclic) bond motifs is 2. The monoisotopic (exact) mass is 347 g/mol. The van der Waals surface area contributed by atoms with Crippen LogP contribution in [0, 0.1) is 0 Å². The molecule has 5 heteroatoms. The summed E-state index contributed by atoms with van der Waals surface area (Å²) in [5.41, 5.74) is 6.45. The fourth-order valence-electron chi connectivity index (χ4n) is 3.33. The minimum Gasteiger partial charge on any atom is -0.261 e. The van der Waals surface area contributed by atoms with E-state index in [4.69, 9.17) is 4.98 Å². The molecule has 0 saturated heterocycles. The van der Waals surface area contributed by atoms with Gasteiger partial charge in [-0.25, -0.2) is 9.50 Å². The fraction of sp³-hybridized carbons (Fsp3) is 0.381. The molecule has 0 radical (unpaired) electrons. The van der Waals surface area contributed by atoms with E-state index < -0.39 is 0 Å². The molecule has 1 N–H and O–H groups in total. The van der Waals surface area contributed by atoms with Crippen LogP contribution >= 0.6 is 0 Å². The summed E-state index contributed by atoms with van der Waals surface area (Å²) in [6, 6.07) is 6.53. The van der Waals surface area contributed by atoms with Crippen LogP contribution in [0.5, 0.6) is 0 Å². The van der Waals surface area contributed by atoms with Gasteiger partial charge in [-0.2, -0.15) is 10.2 Å². The van der Waals surface area contributed by atoms with Crippen molar-refractivity contribution in [2.75, 3.05) is 0 Å². The van der Waals surface area contributed by atoms with Crippen LogP contribution in [0.4, 0.5) is 0 Å². The molecule has 134 valence electrons. The number of nitrogens with zero attached hydrogens (tertiary/aromatic N) is 4. The first-order valence-electron chi connectivity index (χ1n) is 8.97. The second-order valence-electron chi connectivity index (χ2n) is 8.99. The summed E-state index contributed by atoms with van der Waals surface area (Å²) in [6.45, 7) is 13.3. The van der Waals surface area contributed by atoms with E-state index in [2.05, 4.69) is 75.0 Å². The van der Waals surface area contributed by atoms with Crippen molar-refractivity contribution in [3.63, 3.8) is 0 Å². The van der Waals surface area contributed by atoms with Gasteiger partial charge in [0, 0.05) is 17.1 Å². The Bertz CT molecular complexity index is 1100. The molecule has 0 atom stereocenters. The number of hydrogen-bond acceptors (Lipinski definition) is 3. The predicted molar refractivity (Wildman–Crippen MR) is 105 cm³/mol. The number of H-pyrrole nitrogens is 1. The third-order valence-corrected chi connectivity index (χ3v) is 4.89. The summed E-state index contributed by atoms with van der Waals surface area (Å²) in [4.78, 5) is 4.82. The quantitative estimate of drug-likeness (QED) is 0.534. The highest BCUT2D eigenvalue weighted by Gasteiger charge is 2.22. The molecule has 0 aliphatic carbocycles. The Morgan fingerprint density at radius 3 is 2.42 bits per heavy atom. The summed E-state index contributed by atoms with van der Waals surface area (Å²) >= 11 is 0. The zero-order chi connectivity index (χ0) is 18.7. The first-order valence-corrected chi connectivity index (χ1v) is 8.97. The molecule has 4 rings (SSSR count). The molecule has 4 heterocycles. The summed E-state index contributed by atoms with van der Waals surface area (Å²) < 4.78 is 1.92.